The maximum absolute atomic E-state index is 12.6. The third-order valence-electron chi connectivity index (χ3n) is 4.69. The van der Waals surface area contributed by atoms with Crippen LogP contribution in [0.1, 0.15) is 30.9 Å². The molecule has 0 radical (unpaired) electrons. The predicted molar refractivity (Wildman–Crippen MR) is 84.3 cm³/mol. The minimum atomic E-state index is -0.222. The van der Waals surface area contributed by atoms with Crippen LogP contribution >= 0.6 is 0 Å². The van der Waals surface area contributed by atoms with E-state index < -0.39 is 0 Å². The molecule has 2 unspecified atom stereocenters. The number of fused-ring (bicyclic) bond motifs is 1. The fourth-order valence-corrected chi connectivity index (χ4v) is 3.43. The number of piperidine rings is 1. The first-order valence-corrected chi connectivity index (χ1v) is 7.93. The van der Waals surface area contributed by atoms with E-state index in [1.807, 2.05) is 44.4 Å². The number of hydrogen-bond donors (Lipinski definition) is 0. The number of benzene rings is 1. The number of imide groups is 1. The number of likely N-dealkylation sites (N-methyl/N-ethyl adjacent to an activating group) is 1. The molecule has 22 heavy (non-hydrogen) atoms. The Kier molecular flexibility index (Phi) is 4.16. The van der Waals surface area contributed by atoms with Crippen molar-refractivity contribution in [1.82, 2.24) is 14.7 Å². The molecule has 2 heterocycles. The van der Waals surface area contributed by atoms with E-state index >= 15 is 0 Å². The van der Waals surface area contributed by atoms with Crippen molar-refractivity contribution in [3.63, 3.8) is 0 Å². The summed E-state index contributed by atoms with van der Waals surface area (Å²) in [4.78, 5) is 30.4. The van der Waals surface area contributed by atoms with Gasteiger partial charge in [0.15, 0.2) is 0 Å². The Labute approximate surface area is 131 Å². The van der Waals surface area contributed by atoms with Gasteiger partial charge >= 0.3 is 6.03 Å². The summed E-state index contributed by atoms with van der Waals surface area (Å²) in [6.45, 7) is 1.13. The van der Waals surface area contributed by atoms with E-state index in [9.17, 15) is 9.59 Å². The highest BCUT2D eigenvalue weighted by Gasteiger charge is 2.46. The van der Waals surface area contributed by atoms with Crippen LogP contribution in [0.2, 0.25) is 0 Å². The van der Waals surface area contributed by atoms with Crippen molar-refractivity contribution in [3.8, 4) is 0 Å². The Bertz CT molecular complexity index is 534. The molecule has 118 valence electrons. The second-order valence-electron chi connectivity index (χ2n) is 6.33. The zero-order chi connectivity index (χ0) is 15.7. The maximum Gasteiger partial charge on any atom is 0.327 e. The Morgan fingerprint density at radius 2 is 1.91 bits per heavy atom. The van der Waals surface area contributed by atoms with Crippen molar-refractivity contribution in [1.29, 1.82) is 0 Å². The van der Waals surface area contributed by atoms with Crippen LogP contribution in [0.5, 0.6) is 0 Å². The van der Waals surface area contributed by atoms with E-state index in [4.69, 9.17) is 0 Å². The molecule has 3 rings (SSSR count). The van der Waals surface area contributed by atoms with Crippen LogP contribution in [0.4, 0.5) is 4.79 Å². The highest BCUT2D eigenvalue weighted by Crippen LogP contribution is 2.29. The van der Waals surface area contributed by atoms with Crippen LogP contribution in [0.3, 0.4) is 0 Å². The smallest absolute Gasteiger partial charge is 0.312 e. The zero-order valence-corrected chi connectivity index (χ0v) is 13.2. The fourth-order valence-electron chi connectivity index (χ4n) is 3.43. The Morgan fingerprint density at radius 1 is 1.18 bits per heavy atom. The summed E-state index contributed by atoms with van der Waals surface area (Å²) in [5.74, 6) is -0.0209. The number of carbonyl (C=O) groups excluding carboxylic acids is 2. The van der Waals surface area contributed by atoms with Crippen molar-refractivity contribution in [2.45, 2.75) is 31.3 Å². The number of rotatable bonds is 4. The molecule has 5 heteroatoms. The number of carbonyl (C=O) groups is 2. The van der Waals surface area contributed by atoms with Gasteiger partial charge < -0.3 is 9.80 Å². The zero-order valence-electron chi connectivity index (χ0n) is 13.2. The van der Waals surface area contributed by atoms with Gasteiger partial charge in [-0.05, 0) is 38.9 Å². The van der Waals surface area contributed by atoms with Crippen molar-refractivity contribution >= 4 is 11.9 Å². The first-order valence-electron chi connectivity index (χ1n) is 7.93. The lowest BCUT2D eigenvalue weighted by atomic mass is 10.0. The van der Waals surface area contributed by atoms with E-state index in [-0.39, 0.29) is 24.0 Å². The quantitative estimate of drug-likeness (QED) is 0.800. The highest BCUT2D eigenvalue weighted by atomic mass is 16.2. The molecule has 1 aromatic rings. The van der Waals surface area contributed by atoms with Crippen LogP contribution in [0, 0.1) is 0 Å². The molecule has 2 atom stereocenters. The van der Waals surface area contributed by atoms with Gasteiger partial charge in [0.25, 0.3) is 5.91 Å². The molecular formula is C17H23N3O2. The second-order valence-corrected chi connectivity index (χ2v) is 6.33. The van der Waals surface area contributed by atoms with E-state index in [2.05, 4.69) is 4.90 Å². The Morgan fingerprint density at radius 3 is 2.55 bits per heavy atom. The van der Waals surface area contributed by atoms with Crippen molar-refractivity contribution in [3.05, 3.63) is 35.9 Å². The normalized spacial score (nSPS) is 23.1. The standard InChI is InChI=1S/C17H23N3O2/c1-18(2)15(13-8-4-3-5-9-13)12-20-16(21)14-10-6-7-11-19(14)17(20)22/h3-5,8-9,14-15H,6-7,10-12H2,1-2H3. The molecule has 3 amide bonds. The van der Waals surface area contributed by atoms with Gasteiger partial charge in [-0.2, -0.15) is 0 Å². The summed E-state index contributed by atoms with van der Waals surface area (Å²) in [5.41, 5.74) is 1.12. The van der Waals surface area contributed by atoms with Gasteiger partial charge in [0.2, 0.25) is 0 Å². The monoisotopic (exact) mass is 301 g/mol. The van der Waals surface area contributed by atoms with E-state index in [1.54, 1.807) is 4.90 Å². The van der Waals surface area contributed by atoms with Crippen LogP contribution in [0.15, 0.2) is 30.3 Å². The van der Waals surface area contributed by atoms with Gasteiger partial charge in [-0.3, -0.25) is 9.69 Å². The average molecular weight is 301 g/mol. The van der Waals surface area contributed by atoms with E-state index in [1.165, 1.54) is 4.90 Å². The third kappa shape index (κ3) is 2.61. The number of hydrogen-bond acceptors (Lipinski definition) is 3. The molecule has 2 saturated heterocycles. The minimum absolute atomic E-state index is 0.0209. The van der Waals surface area contributed by atoms with Gasteiger partial charge in [0, 0.05) is 6.54 Å². The molecule has 0 aromatic heterocycles. The third-order valence-corrected chi connectivity index (χ3v) is 4.69. The molecule has 0 N–H and O–H groups in total. The van der Waals surface area contributed by atoms with Gasteiger partial charge in [0.1, 0.15) is 6.04 Å². The lowest BCUT2D eigenvalue weighted by Gasteiger charge is -2.28. The van der Waals surface area contributed by atoms with Crippen LogP contribution < -0.4 is 0 Å². The molecule has 2 aliphatic rings. The molecule has 2 aliphatic heterocycles. The molecule has 0 bridgehead atoms. The summed E-state index contributed by atoms with van der Waals surface area (Å²) in [7, 11) is 3.96. The Hall–Kier alpha value is -1.88. The van der Waals surface area contributed by atoms with Gasteiger partial charge in [-0.1, -0.05) is 30.3 Å². The summed E-state index contributed by atoms with van der Waals surface area (Å²) in [5, 5.41) is 0. The molecule has 1 aromatic carbocycles. The molecular weight excluding hydrogens is 278 g/mol. The van der Waals surface area contributed by atoms with Crippen LogP contribution in [0.25, 0.3) is 0 Å². The number of urea groups is 1. The molecule has 0 aliphatic carbocycles. The van der Waals surface area contributed by atoms with Crippen LogP contribution in [-0.4, -0.2) is 59.9 Å². The summed E-state index contributed by atoms with van der Waals surface area (Å²) in [6.07, 6.45) is 2.84. The first kappa shape index (κ1) is 15.0. The lowest BCUT2D eigenvalue weighted by molar-refractivity contribution is -0.129. The fraction of sp³-hybridized carbons (Fsp3) is 0.529. The van der Waals surface area contributed by atoms with Gasteiger partial charge in [-0.25, -0.2) is 4.79 Å². The lowest BCUT2D eigenvalue weighted by Crippen LogP contribution is -2.40. The SMILES string of the molecule is CN(C)C(CN1C(=O)C2CCCCN2C1=O)c1ccccc1. The average Bonchev–Trinajstić information content (AvgIpc) is 2.78. The summed E-state index contributed by atoms with van der Waals surface area (Å²) < 4.78 is 0. The van der Waals surface area contributed by atoms with Crippen molar-refractivity contribution in [2.75, 3.05) is 27.2 Å². The summed E-state index contributed by atoms with van der Waals surface area (Å²) >= 11 is 0. The van der Waals surface area contributed by atoms with Gasteiger partial charge in [0.05, 0.1) is 12.6 Å². The highest BCUT2D eigenvalue weighted by molar-refractivity contribution is 6.04. The minimum Gasteiger partial charge on any atom is -0.312 e. The van der Waals surface area contributed by atoms with Crippen molar-refractivity contribution < 1.29 is 9.59 Å². The van der Waals surface area contributed by atoms with E-state index in [0.717, 1.165) is 24.8 Å². The number of nitrogens with zero attached hydrogens (tertiary/aromatic N) is 3. The number of amides is 3. The largest absolute Gasteiger partial charge is 0.327 e. The van der Waals surface area contributed by atoms with Crippen molar-refractivity contribution in [2.24, 2.45) is 0 Å². The maximum atomic E-state index is 12.6. The van der Waals surface area contributed by atoms with E-state index in [0.29, 0.717) is 13.1 Å². The molecule has 5 nitrogen and oxygen atoms in total. The first-order chi connectivity index (χ1) is 10.6. The van der Waals surface area contributed by atoms with Gasteiger partial charge in [-0.15, -0.1) is 0 Å². The topological polar surface area (TPSA) is 43.9 Å². The summed E-state index contributed by atoms with van der Waals surface area (Å²) in [6, 6.07) is 9.73. The molecule has 0 saturated carbocycles. The van der Waals surface area contributed by atoms with Crippen LogP contribution in [-0.2, 0) is 4.79 Å². The Balaban J connectivity index is 1.81. The molecule has 0 spiro atoms. The second kappa shape index (κ2) is 6.08. The molecule has 2 fully saturated rings. The predicted octanol–water partition coefficient (Wildman–Crippen LogP) is 2.11.